The van der Waals surface area contributed by atoms with Gasteiger partial charge in [-0.1, -0.05) is 41.0 Å². The molecule has 8 atom stereocenters. The maximum atomic E-state index is 2.65. The van der Waals surface area contributed by atoms with Gasteiger partial charge in [-0.05, 0) is 88.8 Å². The van der Waals surface area contributed by atoms with E-state index < -0.39 is 0 Å². The molecule has 6 aliphatic rings. The summed E-state index contributed by atoms with van der Waals surface area (Å²) in [5, 5.41) is 0. The summed E-state index contributed by atoms with van der Waals surface area (Å²) in [6.45, 7) is 12.7. The molecule has 0 bridgehead atoms. The summed E-state index contributed by atoms with van der Waals surface area (Å²) in [5.41, 5.74) is 5.76. The third kappa shape index (κ3) is 0.599. The van der Waals surface area contributed by atoms with E-state index >= 15 is 0 Å². The zero-order chi connectivity index (χ0) is 14.7. The molecule has 0 saturated heterocycles. The van der Waals surface area contributed by atoms with Crippen LogP contribution in [0.2, 0.25) is 0 Å². The molecular formula is C21H32. The predicted octanol–water partition coefficient (Wildman–Crippen LogP) is 5.81. The molecule has 21 heavy (non-hydrogen) atoms. The van der Waals surface area contributed by atoms with E-state index in [1.807, 2.05) is 0 Å². The van der Waals surface area contributed by atoms with Gasteiger partial charge in [-0.2, -0.15) is 0 Å². The third-order valence-corrected chi connectivity index (χ3v) is 12.1. The Balaban J connectivity index is 1.40. The van der Waals surface area contributed by atoms with Crippen molar-refractivity contribution in [2.45, 2.75) is 86.0 Å². The highest BCUT2D eigenvalue weighted by molar-refractivity contribution is 5.68. The fourth-order valence-electron chi connectivity index (χ4n) is 11.5. The van der Waals surface area contributed by atoms with E-state index in [2.05, 4.69) is 34.6 Å². The van der Waals surface area contributed by atoms with Crippen LogP contribution in [-0.2, 0) is 0 Å². The van der Waals surface area contributed by atoms with Crippen molar-refractivity contribution in [2.75, 3.05) is 0 Å². The lowest BCUT2D eigenvalue weighted by Gasteiger charge is -2.87. The standard InChI is InChI=1S/C21H32/c1-6-15(4)9-10-17-12-21-18(17,11-14(15)17)13-20(21)16(5,7-2)19(20,21)8-3/h14H,6-13H2,1-5H3/t14-,15?,16-,17?,18?,19+,20?,21?/m1/s1. The Morgan fingerprint density at radius 3 is 2.14 bits per heavy atom. The smallest absolute Gasteiger partial charge is 0.00943 e. The highest BCUT2D eigenvalue weighted by Gasteiger charge is 3.22. The summed E-state index contributed by atoms with van der Waals surface area (Å²) in [4.78, 5) is 0. The molecule has 0 heterocycles. The minimum absolute atomic E-state index is 0.710. The minimum atomic E-state index is 0.710. The largest absolute Gasteiger partial charge is 0.0649 e. The molecule has 0 aromatic rings. The van der Waals surface area contributed by atoms with Crippen LogP contribution in [0.25, 0.3) is 0 Å². The zero-order valence-corrected chi connectivity index (χ0v) is 14.7. The van der Waals surface area contributed by atoms with Crippen molar-refractivity contribution in [1.82, 2.24) is 0 Å². The lowest BCUT2D eigenvalue weighted by molar-refractivity contribution is -0.395. The zero-order valence-electron chi connectivity index (χ0n) is 14.7. The van der Waals surface area contributed by atoms with Gasteiger partial charge in [0.2, 0.25) is 0 Å². The van der Waals surface area contributed by atoms with Gasteiger partial charge in [0.1, 0.15) is 0 Å². The molecule has 0 aliphatic heterocycles. The molecule has 4 spiro atoms. The highest BCUT2D eigenvalue weighted by atomic mass is 15.2. The van der Waals surface area contributed by atoms with Crippen LogP contribution in [0.4, 0.5) is 0 Å². The molecule has 6 saturated carbocycles. The van der Waals surface area contributed by atoms with Gasteiger partial charge in [0.25, 0.3) is 0 Å². The van der Waals surface area contributed by atoms with Crippen LogP contribution >= 0.6 is 0 Å². The van der Waals surface area contributed by atoms with Crippen molar-refractivity contribution >= 4 is 0 Å². The second-order valence-electron chi connectivity index (χ2n) is 10.6. The summed E-state index contributed by atoms with van der Waals surface area (Å²) in [7, 11) is 0. The van der Waals surface area contributed by atoms with Crippen LogP contribution in [0.1, 0.15) is 86.0 Å². The Morgan fingerprint density at radius 2 is 1.62 bits per heavy atom. The van der Waals surface area contributed by atoms with E-state index in [0.29, 0.717) is 5.41 Å². The van der Waals surface area contributed by atoms with Crippen LogP contribution in [0.5, 0.6) is 0 Å². The molecule has 0 aromatic heterocycles. The van der Waals surface area contributed by atoms with Crippen LogP contribution in [-0.4, -0.2) is 0 Å². The van der Waals surface area contributed by atoms with Crippen LogP contribution in [0.3, 0.4) is 0 Å². The van der Waals surface area contributed by atoms with Gasteiger partial charge in [0, 0.05) is 0 Å². The Kier molecular flexibility index (Phi) is 1.52. The quantitative estimate of drug-likeness (QED) is 0.613. The topological polar surface area (TPSA) is 0 Å². The van der Waals surface area contributed by atoms with Crippen LogP contribution < -0.4 is 0 Å². The Hall–Kier alpha value is 0. The van der Waals surface area contributed by atoms with E-state index in [0.717, 1.165) is 38.4 Å². The van der Waals surface area contributed by atoms with Crippen molar-refractivity contribution in [1.29, 1.82) is 0 Å². The molecule has 0 amide bonds. The van der Waals surface area contributed by atoms with E-state index in [1.165, 1.54) is 19.3 Å². The van der Waals surface area contributed by atoms with Crippen molar-refractivity contribution in [3.05, 3.63) is 0 Å². The molecule has 116 valence electrons. The SMILES string of the molecule is CCC1(C)CCC23CC45C2(C[C@H]13)CC41[C@]5(CC)[C@@]1(C)CC. The van der Waals surface area contributed by atoms with E-state index in [9.17, 15) is 0 Å². The van der Waals surface area contributed by atoms with Gasteiger partial charge >= 0.3 is 0 Å². The fourth-order valence-corrected chi connectivity index (χ4v) is 11.5. The Labute approximate surface area is 130 Å². The normalized spacial score (nSPS) is 77.3. The Morgan fingerprint density at radius 1 is 0.857 bits per heavy atom. The summed E-state index contributed by atoms with van der Waals surface area (Å²) in [6, 6.07) is 0. The van der Waals surface area contributed by atoms with Gasteiger partial charge in [-0.25, -0.2) is 0 Å². The second-order valence-corrected chi connectivity index (χ2v) is 10.6. The first-order valence-corrected chi connectivity index (χ1v) is 9.89. The molecule has 6 aliphatic carbocycles. The number of hydrogen-bond acceptors (Lipinski definition) is 0. The van der Waals surface area contributed by atoms with E-state index in [4.69, 9.17) is 0 Å². The average molecular weight is 284 g/mol. The minimum Gasteiger partial charge on any atom is -0.0649 e. The van der Waals surface area contributed by atoms with Gasteiger partial charge < -0.3 is 0 Å². The van der Waals surface area contributed by atoms with Gasteiger partial charge in [-0.3, -0.25) is 0 Å². The molecule has 0 heteroatoms. The molecule has 0 radical (unpaired) electrons. The summed E-state index contributed by atoms with van der Waals surface area (Å²) in [5.74, 6) is 1.11. The monoisotopic (exact) mass is 284 g/mol. The predicted molar refractivity (Wildman–Crippen MR) is 85.8 cm³/mol. The van der Waals surface area contributed by atoms with Crippen molar-refractivity contribution in [2.24, 2.45) is 43.8 Å². The molecule has 0 aromatic carbocycles. The maximum absolute atomic E-state index is 2.65. The first-order chi connectivity index (χ1) is 9.89. The first kappa shape index (κ1) is 12.4. The second kappa shape index (κ2) is 2.57. The maximum Gasteiger partial charge on any atom is -0.00943 e. The Bertz CT molecular complexity index is 607. The molecule has 0 N–H and O–H groups in total. The van der Waals surface area contributed by atoms with Crippen molar-refractivity contribution in [3.8, 4) is 0 Å². The van der Waals surface area contributed by atoms with E-state index in [1.54, 1.807) is 32.1 Å². The lowest BCUT2D eigenvalue weighted by Crippen LogP contribution is -2.81. The van der Waals surface area contributed by atoms with Gasteiger partial charge in [0.05, 0.1) is 0 Å². The van der Waals surface area contributed by atoms with Crippen LogP contribution in [0.15, 0.2) is 0 Å². The molecular weight excluding hydrogens is 252 g/mol. The van der Waals surface area contributed by atoms with Gasteiger partial charge in [0.15, 0.2) is 0 Å². The summed E-state index contributed by atoms with van der Waals surface area (Å²) in [6.07, 6.45) is 12.5. The molecule has 0 nitrogen and oxygen atoms in total. The number of hydrogen-bond donors (Lipinski definition) is 0. The van der Waals surface area contributed by atoms with E-state index in [-0.39, 0.29) is 0 Å². The highest BCUT2D eigenvalue weighted by Crippen LogP contribution is 3.26. The molecule has 6 rings (SSSR count). The fraction of sp³-hybridized carbons (Fsp3) is 1.00. The van der Waals surface area contributed by atoms with Crippen molar-refractivity contribution in [3.63, 3.8) is 0 Å². The number of rotatable bonds is 3. The van der Waals surface area contributed by atoms with Crippen molar-refractivity contribution < 1.29 is 0 Å². The first-order valence-electron chi connectivity index (χ1n) is 9.89. The summed E-state index contributed by atoms with van der Waals surface area (Å²) < 4.78 is 0. The lowest BCUT2D eigenvalue weighted by atomic mass is 9.17. The summed E-state index contributed by atoms with van der Waals surface area (Å²) >= 11 is 0. The van der Waals surface area contributed by atoms with Crippen LogP contribution in [0, 0.1) is 43.8 Å². The molecule has 5 unspecified atom stereocenters. The van der Waals surface area contributed by atoms with Gasteiger partial charge in [-0.15, -0.1) is 0 Å². The molecule has 6 fully saturated rings. The third-order valence-electron chi connectivity index (χ3n) is 12.1. The average Bonchev–Trinajstić information content (AvgIpc) is 3.12.